The lowest BCUT2D eigenvalue weighted by molar-refractivity contribution is -0.120. The summed E-state index contributed by atoms with van der Waals surface area (Å²) in [5.74, 6) is 1.75. The van der Waals surface area contributed by atoms with Crippen LogP contribution in [0.4, 0.5) is 22.9 Å². The second kappa shape index (κ2) is 10.9. The molecule has 1 amide bonds. The molecule has 1 aliphatic heterocycles. The average molecular weight is 480 g/mol. The number of para-hydroxylation sites is 1. The fourth-order valence-corrected chi connectivity index (χ4v) is 4.38. The molecule has 0 unspecified atom stereocenters. The van der Waals surface area contributed by atoms with Crippen molar-refractivity contribution in [3.63, 3.8) is 0 Å². The van der Waals surface area contributed by atoms with Crippen molar-refractivity contribution in [2.75, 3.05) is 35.7 Å². The molecule has 0 spiro atoms. The molecule has 1 aromatic heterocycles. The molecular formula is C29H29N5O2. The van der Waals surface area contributed by atoms with E-state index in [9.17, 15) is 4.79 Å². The molecule has 2 heterocycles. The molecule has 0 radical (unpaired) electrons. The van der Waals surface area contributed by atoms with Crippen molar-refractivity contribution in [2.24, 2.45) is 5.92 Å². The normalized spacial score (nSPS) is 13.8. The zero-order valence-corrected chi connectivity index (χ0v) is 20.2. The summed E-state index contributed by atoms with van der Waals surface area (Å²) >= 11 is 0. The Morgan fingerprint density at radius 2 is 1.53 bits per heavy atom. The van der Waals surface area contributed by atoms with Crippen LogP contribution in [0.1, 0.15) is 12.8 Å². The molecule has 1 fully saturated rings. The summed E-state index contributed by atoms with van der Waals surface area (Å²) in [5, 5.41) is 6.43. The van der Waals surface area contributed by atoms with Gasteiger partial charge in [0, 0.05) is 47.7 Å². The Balaban J connectivity index is 1.15. The van der Waals surface area contributed by atoms with E-state index in [4.69, 9.17) is 4.74 Å². The molecule has 36 heavy (non-hydrogen) atoms. The number of carbonyl (C=O) groups excluding carboxylic acids is 1. The third-order valence-electron chi connectivity index (χ3n) is 6.44. The molecule has 2 N–H and O–H groups in total. The second-order valence-electron chi connectivity index (χ2n) is 8.81. The van der Waals surface area contributed by atoms with Gasteiger partial charge in [0.05, 0.1) is 12.8 Å². The highest BCUT2D eigenvalue weighted by Crippen LogP contribution is 2.27. The predicted octanol–water partition coefficient (Wildman–Crippen LogP) is 5.75. The Bertz CT molecular complexity index is 1290. The van der Waals surface area contributed by atoms with Crippen LogP contribution >= 0.6 is 0 Å². The monoisotopic (exact) mass is 479 g/mol. The van der Waals surface area contributed by atoms with Crippen molar-refractivity contribution in [1.29, 1.82) is 0 Å². The summed E-state index contributed by atoms with van der Waals surface area (Å²) in [4.78, 5) is 24.0. The van der Waals surface area contributed by atoms with E-state index >= 15 is 0 Å². The maximum atomic E-state index is 12.9. The van der Waals surface area contributed by atoms with Crippen molar-refractivity contribution in [2.45, 2.75) is 12.8 Å². The Hall–Kier alpha value is -4.39. The number of benzene rings is 3. The first-order chi connectivity index (χ1) is 17.7. The zero-order chi connectivity index (χ0) is 24.7. The van der Waals surface area contributed by atoms with Crippen molar-refractivity contribution < 1.29 is 9.53 Å². The lowest BCUT2D eigenvalue weighted by Gasteiger charge is -2.32. The number of rotatable bonds is 7. The number of methoxy groups -OCH3 is 1. The van der Waals surface area contributed by atoms with Crippen molar-refractivity contribution in [3.05, 3.63) is 91.3 Å². The van der Waals surface area contributed by atoms with E-state index in [1.165, 1.54) is 0 Å². The Morgan fingerprint density at radius 3 is 2.22 bits per heavy atom. The second-order valence-corrected chi connectivity index (χ2v) is 8.81. The topological polar surface area (TPSA) is 79.4 Å². The van der Waals surface area contributed by atoms with Gasteiger partial charge in [0.15, 0.2) is 0 Å². The Morgan fingerprint density at radius 1 is 0.861 bits per heavy atom. The molecule has 0 saturated carbocycles. The van der Waals surface area contributed by atoms with Gasteiger partial charge in [-0.1, -0.05) is 18.2 Å². The number of nitrogens with zero attached hydrogens (tertiary/aromatic N) is 3. The van der Waals surface area contributed by atoms with Crippen molar-refractivity contribution in [3.8, 4) is 17.0 Å². The van der Waals surface area contributed by atoms with E-state index in [0.29, 0.717) is 0 Å². The maximum Gasteiger partial charge on any atom is 0.227 e. The van der Waals surface area contributed by atoms with E-state index in [0.717, 1.165) is 65.8 Å². The number of ether oxygens (including phenoxy) is 1. The van der Waals surface area contributed by atoms with Crippen LogP contribution in [-0.4, -0.2) is 36.1 Å². The molecule has 0 bridgehead atoms. The molecule has 5 rings (SSSR count). The number of carbonyl (C=O) groups is 1. The lowest BCUT2D eigenvalue weighted by Crippen LogP contribution is -2.38. The van der Waals surface area contributed by atoms with E-state index in [-0.39, 0.29) is 11.8 Å². The quantitative estimate of drug-likeness (QED) is 0.351. The van der Waals surface area contributed by atoms with Crippen LogP contribution in [0.2, 0.25) is 0 Å². The molecule has 0 aliphatic carbocycles. The lowest BCUT2D eigenvalue weighted by atomic mass is 9.95. The van der Waals surface area contributed by atoms with E-state index in [2.05, 4.69) is 25.5 Å². The van der Waals surface area contributed by atoms with Crippen LogP contribution in [0.5, 0.6) is 5.75 Å². The van der Waals surface area contributed by atoms with Gasteiger partial charge in [-0.15, -0.1) is 0 Å². The summed E-state index contributed by atoms with van der Waals surface area (Å²) < 4.78 is 5.24. The number of anilines is 4. The predicted molar refractivity (Wildman–Crippen MR) is 144 cm³/mol. The van der Waals surface area contributed by atoms with Crippen LogP contribution in [0.15, 0.2) is 91.3 Å². The molecule has 182 valence electrons. The number of nitrogens with one attached hydrogen (secondary N) is 2. The first-order valence-electron chi connectivity index (χ1n) is 12.1. The summed E-state index contributed by atoms with van der Waals surface area (Å²) in [6.07, 6.45) is 3.16. The van der Waals surface area contributed by atoms with Crippen molar-refractivity contribution in [1.82, 2.24) is 9.97 Å². The van der Waals surface area contributed by atoms with Gasteiger partial charge in [-0.3, -0.25) is 4.79 Å². The largest absolute Gasteiger partial charge is 0.497 e. The van der Waals surface area contributed by atoms with Crippen LogP contribution in [0.3, 0.4) is 0 Å². The summed E-state index contributed by atoms with van der Waals surface area (Å²) in [5.41, 5.74) is 4.69. The van der Waals surface area contributed by atoms with Gasteiger partial charge in [0.25, 0.3) is 0 Å². The molecule has 7 heteroatoms. The Kier molecular flexibility index (Phi) is 7.07. The third-order valence-corrected chi connectivity index (χ3v) is 6.44. The minimum atomic E-state index is -0.0220. The van der Waals surface area contributed by atoms with Crippen molar-refractivity contribution >= 4 is 28.8 Å². The highest BCUT2D eigenvalue weighted by Gasteiger charge is 2.26. The number of hydrogen-bond donors (Lipinski definition) is 2. The molecular weight excluding hydrogens is 450 g/mol. The van der Waals surface area contributed by atoms with Crippen LogP contribution in [-0.2, 0) is 4.79 Å². The molecule has 4 aromatic rings. The van der Waals surface area contributed by atoms with E-state index < -0.39 is 0 Å². The molecule has 3 aromatic carbocycles. The van der Waals surface area contributed by atoms with Gasteiger partial charge < -0.3 is 20.3 Å². The van der Waals surface area contributed by atoms with Crippen LogP contribution in [0, 0.1) is 5.92 Å². The number of amides is 1. The first kappa shape index (κ1) is 23.4. The zero-order valence-electron chi connectivity index (χ0n) is 20.2. The number of aromatic nitrogens is 2. The first-order valence-corrected chi connectivity index (χ1v) is 12.1. The minimum absolute atomic E-state index is 0.0220. The summed E-state index contributed by atoms with van der Waals surface area (Å²) in [7, 11) is 1.65. The van der Waals surface area contributed by atoms with Gasteiger partial charge in [0.2, 0.25) is 5.91 Å². The van der Waals surface area contributed by atoms with E-state index in [1.54, 1.807) is 13.4 Å². The molecule has 1 aliphatic rings. The van der Waals surface area contributed by atoms with Gasteiger partial charge in [-0.2, -0.15) is 0 Å². The van der Waals surface area contributed by atoms with Gasteiger partial charge in [-0.05, 0) is 73.5 Å². The maximum absolute atomic E-state index is 12.9. The third kappa shape index (κ3) is 5.63. The standard InChI is InChI=1S/C29H29N5O2/c1-36-26-13-7-21(8-14-26)27-19-28(31-20-30-27)34-17-15-22(16-18-34)29(35)33-25-11-9-24(10-12-25)32-23-5-3-2-4-6-23/h2-14,19-20,22,32H,15-18H2,1H3,(H,33,35). The number of piperidine rings is 1. The summed E-state index contributed by atoms with van der Waals surface area (Å²) in [6.45, 7) is 1.55. The fourth-order valence-electron chi connectivity index (χ4n) is 4.38. The smallest absolute Gasteiger partial charge is 0.227 e. The molecule has 1 saturated heterocycles. The van der Waals surface area contributed by atoms with Gasteiger partial charge in [-0.25, -0.2) is 9.97 Å². The van der Waals surface area contributed by atoms with Gasteiger partial charge in [0.1, 0.15) is 17.9 Å². The average Bonchev–Trinajstić information content (AvgIpc) is 2.95. The summed E-state index contributed by atoms with van der Waals surface area (Å²) in [6, 6.07) is 27.7. The minimum Gasteiger partial charge on any atom is -0.497 e. The van der Waals surface area contributed by atoms with Gasteiger partial charge >= 0.3 is 0 Å². The van der Waals surface area contributed by atoms with Crippen LogP contribution < -0.4 is 20.3 Å². The Labute approximate surface area is 211 Å². The SMILES string of the molecule is COc1ccc(-c2cc(N3CCC(C(=O)Nc4ccc(Nc5ccccc5)cc4)CC3)ncn2)cc1. The van der Waals surface area contributed by atoms with E-state index in [1.807, 2.05) is 84.9 Å². The molecule has 0 atom stereocenters. The molecule has 7 nitrogen and oxygen atoms in total. The highest BCUT2D eigenvalue weighted by atomic mass is 16.5. The fraction of sp³-hybridized carbons (Fsp3) is 0.207. The number of hydrogen-bond acceptors (Lipinski definition) is 6. The highest BCUT2D eigenvalue weighted by molar-refractivity contribution is 5.93. The van der Waals surface area contributed by atoms with Crippen LogP contribution in [0.25, 0.3) is 11.3 Å².